The Kier molecular flexibility index (Phi) is 5.27. The molecule has 4 fully saturated rings. The van der Waals surface area contributed by atoms with Gasteiger partial charge in [-0.05, 0) is 46.0 Å². The van der Waals surface area contributed by atoms with Gasteiger partial charge in [-0.1, -0.05) is 6.58 Å². The molecule has 0 N–H and O–H groups in total. The molecule has 8 nitrogen and oxygen atoms in total. The van der Waals surface area contributed by atoms with Gasteiger partial charge in [0.2, 0.25) is 0 Å². The summed E-state index contributed by atoms with van der Waals surface area (Å²) in [7, 11) is -7.59. The molecule has 160 valence electrons. The van der Waals surface area contributed by atoms with Crippen LogP contribution >= 0.6 is 0 Å². The van der Waals surface area contributed by atoms with Gasteiger partial charge in [-0.2, -0.15) is 16.8 Å². The Bertz CT molecular complexity index is 837. The SMILES string of the molecule is C=C(C)C(=O)OC12CC3CC(OS(=O)(=O)CC)(C1)CC(OS(=O)(=O)CC)(C3)C2. The molecule has 28 heavy (non-hydrogen) atoms. The zero-order valence-electron chi connectivity index (χ0n) is 16.5. The molecular weight excluding hydrogens is 408 g/mol. The molecule has 0 spiro atoms. The predicted molar refractivity (Wildman–Crippen MR) is 101 cm³/mol. The number of ether oxygens (including phenoxy) is 1. The van der Waals surface area contributed by atoms with Crippen LogP contribution in [-0.4, -0.2) is 51.1 Å². The van der Waals surface area contributed by atoms with Gasteiger partial charge in [0.15, 0.2) is 0 Å². The van der Waals surface area contributed by atoms with E-state index in [1.165, 1.54) is 20.8 Å². The van der Waals surface area contributed by atoms with Gasteiger partial charge in [-0.3, -0.25) is 8.37 Å². The van der Waals surface area contributed by atoms with Crippen LogP contribution in [0.3, 0.4) is 0 Å². The van der Waals surface area contributed by atoms with E-state index in [9.17, 15) is 21.6 Å². The largest absolute Gasteiger partial charge is 0.455 e. The van der Waals surface area contributed by atoms with E-state index >= 15 is 0 Å². The van der Waals surface area contributed by atoms with E-state index in [-0.39, 0.29) is 42.3 Å². The quantitative estimate of drug-likeness (QED) is 0.323. The van der Waals surface area contributed by atoms with E-state index < -0.39 is 43.0 Å². The second-order valence-electron chi connectivity index (χ2n) is 8.59. The standard InChI is InChI=1S/C18H28O8S2/c1-5-27(20,21)25-17-8-14-7-16(10-17,24-15(19)13(3)4)11-18(9-14,12-17)26-28(22,23)6-2/h14H,3,5-12H2,1-2,4H3. The van der Waals surface area contributed by atoms with Crippen molar-refractivity contribution in [1.29, 1.82) is 0 Å². The lowest BCUT2D eigenvalue weighted by Gasteiger charge is -2.63. The second-order valence-corrected chi connectivity index (χ2v) is 12.3. The first-order valence-electron chi connectivity index (χ1n) is 9.52. The normalized spacial score (nSPS) is 37.0. The van der Waals surface area contributed by atoms with Gasteiger partial charge in [-0.25, -0.2) is 4.79 Å². The van der Waals surface area contributed by atoms with Gasteiger partial charge < -0.3 is 4.74 Å². The van der Waals surface area contributed by atoms with Crippen molar-refractivity contribution in [1.82, 2.24) is 0 Å². The summed E-state index contributed by atoms with van der Waals surface area (Å²) in [5.41, 5.74) is -3.06. The fourth-order valence-electron chi connectivity index (χ4n) is 5.42. The highest BCUT2D eigenvalue weighted by Gasteiger charge is 2.68. The maximum Gasteiger partial charge on any atom is 0.333 e. The highest BCUT2D eigenvalue weighted by molar-refractivity contribution is 7.87. The minimum atomic E-state index is -3.79. The number of rotatable bonds is 8. The summed E-state index contributed by atoms with van der Waals surface area (Å²) in [6.45, 7) is 8.11. The summed E-state index contributed by atoms with van der Waals surface area (Å²) in [5, 5.41) is 0. The van der Waals surface area contributed by atoms with Crippen molar-refractivity contribution in [2.75, 3.05) is 11.5 Å². The van der Waals surface area contributed by atoms with Crippen LogP contribution in [0.25, 0.3) is 0 Å². The lowest BCUT2D eigenvalue weighted by molar-refractivity contribution is -0.244. The third-order valence-electron chi connectivity index (χ3n) is 5.89. The molecule has 4 aliphatic carbocycles. The minimum Gasteiger partial charge on any atom is -0.455 e. The van der Waals surface area contributed by atoms with E-state index in [0.29, 0.717) is 19.3 Å². The van der Waals surface area contributed by atoms with E-state index in [1.54, 1.807) is 0 Å². The van der Waals surface area contributed by atoms with E-state index in [4.69, 9.17) is 13.1 Å². The molecule has 4 bridgehead atoms. The summed E-state index contributed by atoms with van der Waals surface area (Å²) in [6, 6.07) is 0. The van der Waals surface area contributed by atoms with Crippen molar-refractivity contribution in [2.24, 2.45) is 5.92 Å². The third-order valence-corrected chi connectivity index (χ3v) is 8.52. The van der Waals surface area contributed by atoms with Crippen LogP contribution in [0.2, 0.25) is 0 Å². The molecule has 0 aromatic rings. The van der Waals surface area contributed by atoms with Crippen LogP contribution in [-0.2, 0) is 38.1 Å². The molecule has 0 amide bonds. The summed E-state index contributed by atoms with van der Waals surface area (Å²) in [5.74, 6) is -1.03. The van der Waals surface area contributed by atoms with E-state index in [2.05, 4.69) is 6.58 Å². The Morgan fingerprint density at radius 1 is 0.893 bits per heavy atom. The molecule has 4 aliphatic rings. The van der Waals surface area contributed by atoms with Crippen molar-refractivity contribution in [3.63, 3.8) is 0 Å². The van der Waals surface area contributed by atoms with Crippen LogP contribution in [0.1, 0.15) is 59.3 Å². The highest BCUT2D eigenvalue weighted by Crippen LogP contribution is 2.63. The molecule has 4 saturated carbocycles. The fraction of sp³-hybridized carbons (Fsp3) is 0.833. The van der Waals surface area contributed by atoms with Crippen molar-refractivity contribution in [2.45, 2.75) is 76.1 Å². The smallest absolute Gasteiger partial charge is 0.333 e. The number of hydrogen-bond acceptors (Lipinski definition) is 8. The van der Waals surface area contributed by atoms with Crippen LogP contribution in [0.5, 0.6) is 0 Å². The van der Waals surface area contributed by atoms with Gasteiger partial charge in [0, 0.05) is 24.8 Å². The van der Waals surface area contributed by atoms with Crippen LogP contribution < -0.4 is 0 Å². The Labute approximate surface area is 166 Å². The minimum absolute atomic E-state index is 0.0618. The fourth-order valence-corrected chi connectivity index (χ4v) is 7.10. The average molecular weight is 437 g/mol. The summed E-state index contributed by atoms with van der Waals surface area (Å²) in [4.78, 5) is 12.3. The van der Waals surface area contributed by atoms with Crippen LogP contribution in [0.15, 0.2) is 12.2 Å². The second kappa shape index (κ2) is 6.78. The highest BCUT2D eigenvalue weighted by atomic mass is 32.2. The first kappa shape index (κ1) is 21.7. The van der Waals surface area contributed by atoms with Gasteiger partial charge in [0.1, 0.15) is 5.60 Å². The lowest BCUT2D eigenvalue weighted by Crippen LogP contribution is -2.69. The van der Waals surface area contributed by atoms with Gasteiger partial charge in [-0.15, -0.1) is 0 Å². The molecule has 2 atom stereocenters. The molecule has 0 saturated heterocycles. The zero-order valence-corrected chi connectivity index (χ0v) is 18.2. The van der Waals surface area contributed by atoms with Crippen LogP contribution in [0, 0.1) is 5.92 Å². The third kappa shape index (κ3) is 4.15. The molecular formula is C18H28O8S2. The molecule has 0 aliphatic heterocycles. The maximum absolute atomic E-state index is 12.3. The van der Waals surface area contributed by atoms with Crippen molar-refractivity contribution >= 4 is 26.2 Å². The van der Waals surface area contributed by atoms with Gasteiger partial charge in [0.05, 0.1) is 22.7 Å². The van der Waals surface area contributed by atoms with Crippen molar-refractivity contribution < 1.29 is 34.7 Å². The predicted octanol–water partition coefficient (Wildman–Crippen LogP) is 2.05. The molecule has 10 heteroatoms. The monoisotopic (exact) mass is 436 g/mol. The number of carbonyl (C=O) groups is 1. The topological polar surface area (TPSA) is 113 Å². The van der Waals surface area contributed by atoms with Crippen molar-refractivity contribution in [3.8, 4) is 0 Å². The Hall–Kier alpha value is -0.970. The molecule has 4 rings (SSSR count). The molecule has 0 aromatic carbocycles. The first-order chi connectivity index (χ1) is 12.8. The molecule has 0 aromatic heterocycles. The summed E-state index contributed by atoms with van der Waals surface area (Å²) < 4.78 is 66.0. The molecule has 2 unspecified atom stereocenters. The number of carbonyl (C=O) groups excluding carboxylic acids is 1. The summed E-state index contributed by atoms with van der Waals surface area (Å²) in [6.07, 6.45) is 2.01. The maximum atomic E-state index is 12.3. The Balaban J connectivity index is 2.03. The van der Waals surface area contributed by atoms with Gasteiger partial charge in [0.25, 0.3) is 20.2 Å². The molecule has 0 heterocycles. The van der Waals surface area contributed by atoms with Crippen LogP contribution in [0.4, 0.5) is 0 Å². The Morgan fingerprint density at radius 2 is 1.29 bits per heavy atom. The number of esters is 1. The summed E-state index contributed by atoms with van der Waals surface area (Å²) >= 11 is 0. The van der Waals surface area contributed by atoms with Gasteiger partial charge >= 0.3 is 5.97 Å². The van der Waals surface area contributed by atoms with E-state index in [1.807, 2.05) is 0 Å². The van der Waals surface area contributed by atoms with Crippen molar-refractivity contribution in [3.05, 3.63) is 12.2 Å². The Morgan fingerprint density at radius 3 is 1.68 bits per heavy atom. The number of hydrogen-bond donors (Lipinski definition) is 0. The average Bonchev–Trinajstić information content (AvgIpc) is 2.50. The first-order valence-corrected chi connectivity index (χ1v) is 12.7. The van der Waals surface area contributed by atoms with E-state index in [0.717, 1.165) is 0 Å². The zero-order chi connectivity index (χ0) is 21.0. The lowest BCUT2D eigenvalue weighted by atomic mass is 9.50. The molecule has 0 radical (unpaired) electrons.